The standard InChI is InChI=1S/C11H16ClNS/c1-4-11(2,8-13-3)7-9-5-6-10(12)14-9/h4-6,13H,1,7-8H2,2-3H3. The van der Waals surface area contributed by atoms with E-state index in [9.17, 15) is 0 Å². The van der Waals surface area contributed by atoms with Crippen molar-refractivity contribution in [1.29, 1.82) is 0 Å². The first-order chi connectivity index (χ1) is 6.59. The second kappa shape index (κ2) is 4.96. The molecule has 1 nitrogen and oxygen atoms in total. The summed E-state index contributed by atoms with van der Waals surface area (Å²) in [4.78, 5) is 1.31. The zero-order valence-electron chi connectivity index (χ0n) is 8.64. The van der Waals surface area contributed by atoms with Crippen molar-refractivity contribution < 1.29 is 0 Å². The monoisotopic (exact) mass is 229 g/mol. The van der Waals surface area contributed by atoms with Crippen LogP contribution in [0, 0.1) is 5.41 Å². The zero-order valence-corrected chi connectivity index (χ0v) is 10.2. The van der Waals surface area contributed by atoms with Gasteiger partial charge in [-0.2, -0.15) is 0 Å². The fourth-order valence-corrected chi connectivity index (χ4v) is 2.74. The van der Waals surface area contributed by atoms with Gasteiger partial charge in [-0.05, 0) is 25.6 Å². The van der Waals surface area contributed by atoms with Crippen LogP contribution in [0.5, 0.6) is 0 Å². The van der Waals surface area contributed by atoms with Crippen molar-refractivity contribution in [3.8, 4) is 0 Å². The topological polar surface area (TPSA) is 12.0 Å². The predicted molar refractivity (Wildman–Crippen MR) is 65.3 cm³/mol. The molecule has 1 heterocycles. The normalized spacial score (nSPS) is 15.1. The molecule has 0 fully saturated rings. The van der Waals surface area contributed by atoms with Gasteiger partial charge in [0.05, 0.1) is 4.34 Å². The van der Waals surface area contributed by atoms with Crippen LogP contribution in [-0.4, -0.2) is 13.6 Å². The smallest absolute Gasteiger partial charge is 0.0931 e. The van der Waals surface area contributed by atoms with Crippen LogP contribution < -0.4 is 5.32 Å². The van der Waals surface area contributed by atoms with Crippen molar-refractivity contribution in [2.24, 2.45) is 5.41 Å². The van der Waals surface area contributed by atoms with Gasteiger partial charge in [-0.15, -0.1) is 17.9 Å². The fraction of sp³-hybridized carbons (Fsp3) is 0.455. The van der Waals surface area contributed by atoms with Crippen molar-refractivity contribution in [3.63, 3.8) is 0 Å². The first-order valence-corrected chi connectivity index (χ1v) is 5.81. The van der Waals surface area contributed by atoms with Crippen molar-refractivity contribution in [2.45, 2.75) is 13.3 Å². The van der Waals surface area contributed by atoms with E-state index in [1.807, 2.05) is 19.2 Å². The SMILES string of the molecule is C=CC(C)(CNC)Cc1ccc(Cl)s1. The molecule has 14 heavy (non-hydrogen) atoms. The van der Waals surface area contributed by atoms with Crippen molar-refractivity contribution in [1.82, 2.24) is 5.32 Å². The molecule has 1 atom stereocenters. The van der Waals surface area contributed by atoms with Crippen molar-refractivity contribution in [3.05, 3.63) is 34.0 Å². The first kappa shape index (κ1) is 11.8. The number of thiophene rings is 1. The van der Waals surface area contributed by atoms with Gasteiger partial charge < -0.3 is 5.32 Å². The lowest BCUT2D eigenvalue weighted by molar-refractivity contribution is 0.409. The molecule has 0 bridgehead atoms. The first-order valence-electron chi connectivity index (χ1n) is 4.62. The summed E-state index contributed by atoms with van der Waals surface area (Å²) in [5, 5.41) is 3.19. The molecule has 0 aliphatic heterocycles. The van der Waals surface area contributed by atoms with Gasteiger partial charge in [-0.1, -0.05) is 24.6 Å². The van der Waals surface area contributed by atoms with Crippen LogP contribution in [0.25, 0.3) is 0 Å². The molecule has 1 unspecified atom stereocenters. The number of nitrogens with one attached hydrogen (secondary N) is 1. The highest BCUT2D eigenvalue weighted by Gasteiger charge is 2.20. The Labute approximate surface area is 94.8 Å². The van der Waals surface area contributed by atoms with Crippen LogP contribution in [0.3, 0.4) is 0 Å². The van der Waals surface area contributed by atoms with E-state index in [2.05, 4.69) is 24.9 Å². The summed E-state index contributed by atoms with van der Waals surface area (Å²) in [5.74, 6) is 0. The van der Waals surface area contributed by atoms with Gasteiger partial charge in [0.25, 0.3) is 0 Å². The average Bonchev–Trinajstić information content (AvgIpc) is 2.51. The van der Waals surface area contributed by atoms with E-state index in [0.717, 1.165) is 17.3 Å². The summed E-state index contributed by atoms with van der Waals surface area (Å²) in [5.41, 5.74) is 0.114. The highest BCUT2D eigenvalue weighted by Crippen LogP contribution is 2.29. The third-order valence-electron chi connectivity index (χ3n) is 2.28. The molecule has 3 heteroatoms. The molecule has 0 spiro atoms. The van der Waals surface area contributed by atoms with E-state index in [0.29, 0.717) is 0 Å². The molecule has 0 aliphatic carbocycles. The fourth-order valence-electron chi connectivity index (χ4n) is 1.46. The Morgan fingerprint density at radius 3 is 2.79 bits per heavy atom. The van der Waals surface area contributed by atoms with E-state index in [1.54, 1.807) is 11.3 Å². The molecular weight excluding hydrogens is 214 g/mol. The maximum absolute atomic E-state index is 5.89. The number of hydrogen-bond acceptors (Lipinski definition) is 2. The molecule has 1 aromatic rings. The van der Waals surface area contributed by atoms with Crippen LogP contribution in [0.1, 0.15) is 11.8 Å². The Kier molecular flexibility index (Phi) is 4.17. The molecule has 0 aromatic carbocycles. The van der Waals surface area contributed by atoms with Crippen LogP contribution in [0.4, 0.5) is 0 Å². The highest BCUT2D eigenvalue weighted by molar-refractivity contribution is 7.16. The Balaban J connectivity index is 2.69. The molecule has 0 amide bonds. The van der Waals surface area contributed by atoms with E-state index < -0.39 is 0 Å². The number of rotatable bonds is 5. The van der Waals surface area contributed by atoms with Gasteiger partial charge >= 0.3 is 0 Å². The third kappa shape index (κ3) is 3.12. The van der Waals surface area contributed by atoms with Crippen molar-refractivity contribution in [2.75, 3.05) is 13.6 Å². The molecule has 1 rings (SSSR count). The van der Waals surface area contributed by atoms with Crippen LogP contribution in [-0.2, 0) is 6.42 Å². The zero-order chi connectivity index (χ0) is 10.6. The molecule has 1 aromatic heterocycles. The minimum atomic E-state index is 0.114. The van der Waals surface area contributed by atoms with Gasteiger partial charge in [0.15, 0.2) is 0 Å². The molecule has 0 saturated heterocycles. The average molecular weight is 230 g/mol. The lowest BCUT2D eigenvalue weighted by Gasteiger charge is -2.24. The number of hydrogen-bond donors (Lipinski definition) is 1. The molecular formula is C11H16ClNS. The third-order valence-corrected chi connectivity index (χ3v) is 3.51. The van der Waals surface area contributed by atoms with Crippen LogP contribution >= 0.6 is 22.9 Å². The maximum Gasteiger partial charge on any atom is 0.0931 e. The highest BCUT2D eigenvalue weighted by atomic mass is 35.5. The van der Waals surface area contributed by atoms with Crippen LogP contribution in [0.15, 0.2) is 24.8 Å². The van der Waals surface area contributed by atoms with Gasteiger partial charge in [0, 0.05) is 16.8 Å². The summed E-state index contributed by atoms with van der Waals surface area (Å²) < 4.78 is 0.857. The predicted octanol–water partition coefficient (Wildman–Crippen LogP) is 3.36. The lowest BCUT2D eigenvalue weighted by Crippen LogP contribution is -2.29. The molecule has 0 aliphatic rings. The second-order valence-electron chi connectivity index (χ2n) is 3.77. The summed E-state index contributed by atoms with van der Waals surface area (Å²) in [6.07, 6.45) is 3.01. The number of halogens is 1. The van der Waals surface area contributed by atoms with Crippen molar-refractivity contribution >= 4 is 22.9 Å². The van der Waals surface area contributed by atoms with Gasteiger partial charge in [0.2, 0.25) is 0 Å². The summed E-state index contributed by atoms with van der Waals surface area (Å²) in [6, 6.07) is 4.04. The summed E-state index contributed by atoms with van der Waals surface area (Å²) >= 11 is 7.53. The maximum atomic E-state index is 5.89. The lowest BCUT2D eigenvalue weighted by atomic mass is 9.86. The molecule has 0 radical (unpaired) electrons. The van der Waals surface area contributed by atoms with Gasteiger partial charge in [0.1, 0.15) is 0 Å². The molecule has 1 N–H and O–H groups in total. The Morgan fingerprint density at radius 2 is 2.36 bits per heavy atom. The minimum Gasteiger partial charge on any atom is -0.319 e. The van der Waals surface area contributed by atoms with E-state index >= 15 is 0 Å². The van der Waals surface area contributed by atoms with E-state index in [-0.39, 0.29) is 5.41 Å². The summed E-state index contributed by atoms with van der Waals surface area (Å²) in [7, 11) is 1.96. The van der Waals surface area contributed by atoms with Crippen LogP contribution in [0.2, 0.25) is 4.34 Å². The minimum absolute atomic E-state index is 0.114. The van der Waals surface area contributed by atoms with Gasteiger partial charge in [-0.25, -0.2) is 0 Å². The summed E-state index contributed by atoms with van der Waals surface area (Å²) in [6.45, 7) is 7.02. The van der Waals surface area contributed by atoms with Gasteiger partial charge in [-0.3, -0.25) is 0 Å². The molecule has 78 valence electrons. The Morgan fingerprint density at radius 1 is 1.64 bits per heavy atom. The Hall–Kier alpha value is -0.310. The quantitative estimate of drug-likeness (QED) is 0.764. The second-order valence-corrected chi connectivity index (χ2v) is 5.57. The molecule has 0 saturated carbocycles. The largest absolute Gasteiger partial charge is 0.319 e. The Bertz CT molecular complexity index is 308. The van der Waals surface area contributed by atoms with E-state index in [4.69, 9.17) is 11.6 Å². The van der Waals surface area contributed by atoms with E-state index in [1.165, 1.54) is 4.88 Å².